The molecule has 0 saturated heterocycles. The number of carbonyl (C=O) groups excluding carboxylic acids is 1. The zero-order chi connectivity index (χ0) is 14.5. The second-order valence-electron chi connectivity index (χ2n) is 5.02. The Bertz CT molecular complexity index is 466. The van der Waals surface area contributed by atoms with Crippen molar-refractivity contribution >= 4 is 17.8 Å². The van der Waals surface area contributed by atoms with E-state index in [1.165, 1.54) is 0 Å². The standard InChI is InChI=1S/C13H18N2O4/c1-13(2,3)19-12(18)8-14-10-6-4-5-9(15-10)7-11(16)17/h4-6H,7-8H2,1-3H3,(H,14,15)(H,16,17). The van der Waals surface area contributed by atoms with Gasteiger partial charge in [-0.2, -0.15) is 0 Å². The molecule has 1 aromatic heterocycles. The molecule has 1 aromatic rings. The monoisotopic (exact) mass is 266 g/mol. The summed E-state index contributed by atoms with van der Waals surface area (Å²) in [4.78, 5) is 26.1. The Labute approximate surface area is 111 Å². The second kappa shape index (κ2) is 6.17. The van der Waals surface area contributed by atoms with Crippen LogP contribution >= 0.6 is 0 Å². The molecule has 0 radical (unpaired) electrons. The molecule has 0 unspecified atom stereocenters. The highest BCUT2D eigenvalue weighted by molar-refractivity contribution is 5.75. The average molecular weight is 266 g/mol. The van der Waals surface area contributed by atoms with E-state index in [1.807, 2.05) is 0 Å². The van der Waals surface area contributed by atoms with Crippen LogP contribution < -0.4 is 5.32 Å². The summed E-state index contributed by atoms with van der Waals surface area (Å²) < 4.78 is 5.13. The van der Waals surface area contributed by atoms with Crippen molar-refractivity contribution in [2.75, 3.05) is 11.9 Å². The van der Waals surface area contributed by atoms with Crippen LogP contribution in [0.4, 0.5) is 5.82 Å². The summed E-state index contributed by atoms with van der Waals surface area (Å²) in [5, 5.41) is 11.5. The normalized spacial score (nSPS) is 10.9. The number of pyridine rings is 1. The van der Waals surface area contributed by atoms with E-state index >= 15 is 0 Å². The quantitative estimate of drug-likeness (QED) is 0.784. The van der Waals surface area contributed by atoms with Gasteiger partial charge in [0.2, 0.25) is 0 Å². The Morgan fingerprint density at radius 3 is 2.63 bits per heavy atom. The van der Waals surface area contributed by atoms with Crippen LogP contribution in [0.25, 0.3) is 0 Å². The third kappa shape index (κ3) is 6.40. The largest absolute Gasteiger partial charge is 0.481 e. The van der Waals surface area contributed by atoms with Gasteiger partial charge in [0, 0.05) is 0 Å². The molecule has 1 heterocycles. The summed E-state index contributed by atoms with van der Waals surface area (Å²) in [7, 11) is 0. The lowest BCUT2D eigenvalue weighted by molar-refractivity contribution is -0.152. The number of ether oxygens (including phenoxy) is 1. The van der Waals surface area contributed by atoms with E-state index in [9.17, 15) is 9.59 Å². The van der Waals surface area contributed by atoms with E-state index in [2.05, 4.69) is 10.3 Å². The van der Waals surface area contributed by atoms with Crippen LogP contribution in [0.3, 0.4) is 0 Å². The molecule has 104 valence electrons. The fraction of sp³-hybridized carbons (Fsp3) is 0.462. The van der Waals surface area contributed by atoms with Gasteiger partial charge in [0.05, 0.1) is 12.1 Å². The van der Waals surface area contributed by atoms with Crippen LogP contribution in [-0.4, -0.2) is 34.2 Å². The lowest BCUT2D eigenvalue weighted by Gasteiger charge is -2.19. The Morgan fingerprint density at radius 2 is 2.05 bits per heavy atom. The smallest absolute Gasteiger partial charge is 0.325 e. The molecule has 0 aliphatic carbocycles. The van der Waals surface area contributed by atoms with E-state index < -0.39 is 17.5 Å². The van der Waals surface area contributed by atoms with Crippen LogP contribution in [0.15, 0.2) is 18.2 Å². The van der Waals surface area contributed by atoms with Gasteiger partial charge in [-0.05, 0) is 32.9 Å². The Morgan fingerprint density at radius 1 is 1.37 bits per heavy atom. The molecule has 0 spiro atoms. The number of anilines is 1. The molecule has 0 atom stereocenters. The minimum absolute atomic E-state index is 0.0131. The zero-order valence-corrected chi connectivity index (χ0v) is 11.3. The van der Waals surface area contributed by atoms with Gasteiger partial charge in [0.1, 0.15) is 18.0 Å². The summed E-state index contributed by atoms with van der Waals surface area (Å²) in [6.07, 6.45) is -0.151. The summed E-state index contributed by atoms with van der Waals surface area (Å²) >= 11 is 0. The molecule has 6 heteroatoms. The lowest BCUT2D eigenvalue weighted by Crippen LogP contribution is -2.28. The number of hydrogen-bond donors (Lipinski definition) is 2. The molecule has 0 saturated carbocycles. The zero-order valence-electron chi connectivity index (χ0n) is 11.3. The van der Waals surface area contributed by atoms with Gasteiger partial charge >= 0.3 is 11.9 Å². The molecule has 0 aromatic carbocycles. The van der Waals surface area contributed by atoms with Crippen LogP contribution in [0.2, 0.25) is 0 Å². The van der Waals surface area contributed by atoms with Crippen molar-refractivity contribution in [1.82, 2.24) is 4.98 Å². The van der Waals surface area contributed by atoms with E-state index in [1.54, 1.807) is 39.0 Å². The third-order valence-corrected chi connectivity index (χ3v) is 1.97. The summed E-state index contributed by atoms with van der Waals surface area (Å²) in [5.74, 6) is -0.890. The highest BCUT2D eigenvalue weighted by Crippen LogP contribution is 2.08. The molecule has 6 nitrogen and oxygen atoms in total. The number of aliphatic carboxylic acids is 1. The predicted octanol–water partition coefficient (Wildman–Crippen LogP) is 1.46. The Kier molecular flexibility index (Phi) is 4.86. The van der Waals surface area contributed by atoms with E-state index in [4.69, 9.17) is 9.84 Å². The van der Waals surface area contributed by atoms with Crippen molar-refractivity contribution < 1.29 is 19.4 Å². The first-order valence-electron chi connectivity index (χ1n) is 5.90. The number of rotatable bonds is 5. The van der Waals surface area contributed by atoms with Crippen molar-refractivity contribution in [3.8, 4) is 0 Å². The Hall–Kier alpha value is -2.11. The van der Waals surface area contributed by atoms with Gasteiger partial charge in [-0.25, -0.2) is 4.98 Å². The van der Waals surface area contributed by atoms with Crippen molar-refractivity contribution in [1.29, 1.82) is 0 Å². The maximum Gasteiger partial charge on any atom is 0.325 e. The molecular weight excluding hydrogens is 248 g/mol. The average Bonchev–Trinajstić information content (AvgIpc) is 2.23. The van der Waals surface area contributed by atoms with Gasteiger partial charge in [-0.1, -0.05) is 6.07 Å². The first-order chi connectivity index (χ1) is 8.76. The summed E-state index contributed by atoms with van der Waals surface area (Å²) in [6, 6.07) is 4.96. The van der Waals surface area contributed by atoms with E-state index in [-0.39, 0.29) is 13.0 Å². The molecule has 0 fully saturated rings. The maximum absolute atomic E-state index is 11.5. The number of nitrogens with zero attached hydrogens (tertiary/aromatic N) is 1. The summed E-state index contributed by atoms with van der Waals surface area (Å²) in [6.45, 7) is 5.35. The first-order valence-corrected chi connectivity index (χ1v) is 5.90. The van der Waals surface area contributed by atoms with Crippen molar-refractivity contribution in [2.24, 2.45) is 0 Å². The van der Waals surface area contributed by atoms with Crippen LogP contribution in [0, 0.1) is 0 Å². The summed E-state index contributed by atoms with van der Waals surface area (Å²) in [5.41, 5.74) is -0.0983. The molecule has 2 N–H and O–H groups in total. The second-order valence-corrected chi connectivity index (χ2v) is 5.02. The lowest BCUT2D eigenvalue weighted by atomic mass is 10.2. The topological polar surface area (TPSA) is 88.5 Å². The van der Waals surface area contributed by atoms with E-state index in [0.29, 0.717) is 11.5 Å². The number of aromatic nitrogens is 1. The van der Waals surface area contributed by atoms with Crippen LogP contribution in [-0.2, 0) is 20.7 Å². The minimum atomic E-state index is -0.947. The number of carboxylic acid groups (broad SMARTS) is 1. The number of carbonyl (C=O) groups is 2. The highest BCUT2D eigenvalue weighted by Gasteiger charge is 2.15. The maximum atomic E-state index is 11.5. The number of carboxylic acids is 1. The van der Waals surface area contributed by atoms with Crippen molar-refractivity contribution in [3.05, 3.63) is 23.9 Å². The van der Waals surface area contributed by atoms with Gasteiger partial charge in [-0.15, -0.1) is 0 Å². The molecule has 0 aliphatic rings. The highest BCUT2D eigenvalue weighted by atomic mass is 16.6. The molecular formula is C13H18N2O4. The Balaban J connectivity index is 2.53. The minimum Gasteiger partial charge on any atom is -0.481 e. The number of esters is 1. The van der Waals surface area contributed by atoms with Crippen molar-refractivity contribution in [2.45, 2.75) is 32.8 Å². The van der Waals surface area contributed by atoms with E-state index in [0.717, 1.165) is 0 Å². The first kappa shape index (κ1) is 14.9. The molecule has 1 rings (SSSR count). The molecule has 0 amide bonds. The fourth-order valence-corrected chi connectivity index (χ4v) is 1.37. The number of hydrogen-bond acceptors (Lipinski definition) is 5. The van der Waals surface area contributed by atoms with Gasteiger partial charge in [-0.3, -0.25) is 9.59 Å². The van der Waals surface area contributed by atoms with Crippen molar-refractivity contribution in [3.63, 3.8) is 0 Å². The van der Waals surface area contributed by atoms with Crippen LogP contribution in [0.5, 0.6) is 0 Å². The van der Waals surface area contributed by atoms with Crippen LogP contribution in [0.1, 0.15) is 26.5 Å². The van der Waals surface area contributed by atoms with Gasteiger partial charge in [0.25, 0.3) is 0 Å². The predicted molar refractivity (Wildman–Crippen MR) is 69.9 cm³/mol. The fourth-order valence-electron chi connectivity index (χ4n) is 1.37. The third-order valence-electron chi connectivity index (χ3n) is 1.97. The number of nitrogens with one attached hydrogen (secondary N) is 1. The molecule has 0 aliphatic heterocycles. The van der Waals surface area contributed by atoms with Gasteiger partial charge < -0.3 is 15.2 Å². The SMILES string of the molecule is CC(C)(C)OC(=O)CNc1cccc(CC(=O)O)n1. The molecule has 0 bridgehead atoms. The molecule has 19 heavy (non-hydrogen) atoms. The van der Waals surface area contributed by atoms with Gasteiger partial charge in [0.15, 0.2) is 0 Å².